The van der Waals surface area contributed by atoms with Gasteiger partial charge in [-0.05, 0) is 24.3 Å². The van der Waals surface area contributed by atoms with E-state index >= 15 is 0 Å². The van der Waals surface area contributed by atoms with E-state index in [1.165, 1.54) is 0 Å². The normalized spacial score (nSPS) is 20.0. The Balaban J connectivity index is 1.79. The molecule has 0 bridgehead atoms. The predicted octanol–water partition coefficient (Wildman–Crippen LogP) is 3.03. The van der Waals surface area contributed by atoms with Crippen molar-refractivity contribution in [1.29, 1.82) is 0 Å². The second-order valence-corrected chi connectivity index (χ2v) is 5.79. The number of fused-ring (bicyclic) bond motifs is 1. The highest BCUT2D eigenvalue weighted by Gasteiger charge is 2.35. The Kier molecular flexibility index (Phi) is 2.76. The van der Waals surface area contributed by atoms with Crippen LogP contribution in [0.3, 0.4) is 0 Å². The molecule has 0 saturated carbocycles. The molecule has 1 amide bonds. The molecule has 0 aromatic heterocycles. The molecule has 1 atom stereocenters. The fourth-order valence-corrected chi connectivity index (χ4v) is 3.28. The standard InChI is InChI=1S/C13H11N2O3P/c16-13(10-6-2-1-3-7-10)15-19(17)14-11-8-4-5-9-12(11)18-19/h1-9H,(H2,14,15,16,17). The summed E-state index contributed by atoms with van der Waals surface area (Å²) in [7, 11) is -3.42. The molecule has 1 unspecified atom stereocenters. The lowest BCUT2D eigenvalue weighted by molar-refractivity contribution is 0.0978. The van der Waals surface area contributed by atoms with E-state index in [9.17, 15) is 9.36 Å². The van der Waals surface area contributed by atoms with Crippen molar-refractivity contribution in [1.82, 2.24) is 5.09 Å². The molecule has 2 aromatic rings. The molecule has 0 radical (unpaired) electrons. The van der Waals surface area contributed by atoms with Gasteiger partial charge in [0, 0.05) is 5.56 Å². The minimum Gasteiger partial charge on any atom is -0.412 e. The lowest BCUT2D eigenvalue weighted by atomic mass is 10.2. The van der Waals surface area contributed by atoms with Crippen LogP contribution in [-0.2, 0) is 4.57 Å². The number of nitrogens with one attached hydrogen (secondary N) is 2. The number of benzene rings is 2. The summed E-state index contributed by atoms with van der Waals surface area (Å²) in [4.78, 5) is 12.0. The van der Waals surface area contributed by atoms with E-state index in [0.29, 0.717) is 17.0 Å². The third kappa shape index (κ3) is 2.33. The number of carbonyl (C=O) groups excluding carboxylic acids is 1. The lowest BCUT2D eigenvalue weighted by Crippen LogP contribution is -2.24. The average molecular weight is 274 g/mol. The number of hydrogen-bond donors (Lipinski definition) is 2. The molecule has 0 spiro atoms. The summed E-state index contributed by atoms with van der Waals surface area (Å²) in [5.41, 5.74) is 1.04. The minimum absolute atomic E-state index is 0.430. The Morgan fingerprint density at radius 3 is 2.47 bits per heavy atom. The van der Waals surface area contributed by atoms with Crippen LogP contribution in [0.5, 0.6) is 5.75 Å². The summed E-state index contributed by atoms with van der Waals surface area (Å²) in [5.74, 6) is 0.0310. The maximum absolute atomic E-state index is 12.4. The fourth-order valence-electron chi connectivity index (χ4n) is 1.80. The van der Waals surface area contributed by atoms with Crippen molar-refractivity contribution < 1.29 is 13.9 Å². The largest absolute Gasteiger partial charge is 0.446 e. The summed E-state index contributed by atoms with van der Waals surface area (Å²) in [6.45, 7) is 0. The molecule has 1 aliphatic rings. The second kappa shape index (κ2) is 4.44. The van der Waals surface area contributed by atoms with Gasteiger partial charge in [0.1, 0.15) is 0 Å². The Bertz CT molecular complexity index is 644. The van der Waals surface area contributed by atoms with Crippen molar-refractivity contribution in [2.24, 2.45) is 0 Å². The molecule has 1 heterocycles. The van der Waals surface area contributed by atoms with Gasteiger partial charge in [-0.25, -0.2) is 4.57 Å². The van der Waals surface area contributed by atoms with Crippen molar-refractivity contribution in [3.8, 4) is 5.75 Å². The van der Waals surface area contributed by atoms with Gasteiger partial charge in [-0.2, -0.15) is 0 Å². The fraction of sp³-hybridized carbons (Fsp3) is 0. The van der Waals surface area contributed by atoms with E-state index in [1.807, 2.05) is 0 Å². The minimum atomic E-state index is -3.42. The van der Waals surface area contributed by atoms with Gasteiger partial charge in [0.2, 0.25) is 0 Å². The first-order valence-electron chi connectivity index (χ1n) is 5.71. The van der Waals surface area contributed by atoms with Gasteiger partial charge >= 0.3 is 7.67 Å². The monoisotopic (exact) mass is 274 g/mol. The molecule has 19 heavy (non-hydrogen) atoms. The van der Waals surface area contributed by atoms with Crippen LogP contribution < -0.4 is 14.7 Å². The second-order valence-electron chi connectivity index (χ2n) is 4.06. The third-order valence-corrected chi connectivity index (χ3v) is 4.15. The Morgan fingerprint density at radius 1 is 1.05 bits per heavy atom. The SMILES string of the molecule is O=C(NP1(=O)Nc2ccccc2O1)c1ccccc1. The first kappa shape index (κ1) is 11.8. The summed E-state index contributed by atoms with van der Waals surface area (Å²) in [5, 5.41) is 5.11. The topological polar surface area (TPSA) is 67.4 Å². The van der Waals surface area contributed by atoms with Gasteiger partial charge in [-0.1, -0.05) is 30.3 Å². The maximum Gasteiger partial charge on any atom is 0.446 e. The van der Waals surface area contributed by atoms with Crippen LogP contribution in [0.15, 0.2) is 54.6 Å². The molecule has 96 valence electrons. The Hall–Kier alpha value is -2.26. The van der Waals surface area contributed by atoms with Gasteiger partial charge in [-0.3, -0.25) is 15.0 Å². The zero-order valence-corrected chi connectivity index (χ0v) is 10.8. The molecule has 0 aliphatic carbocycles. The smallest absolute Gasteiger partial charge is 0.412 e. The van der Waals surface area contributed by atoms with Gasteiger partial charge in [0.15, 0.2) is 5.75 Å². The van der Waals surface area contributed by atoms with Gasteiger partial charge in [0.05, 0.1) is 5.69 Å². The molecule has 0 saturated heterocycles. The van der Waals surface area contributed by atoms with E-state index in [4.69, 9.17) is 4.52 Å². The molecule has 6 heteroatoms. The lowest BCUT2D eigenvalue weighted by Gasteiger charge is -2.12. The highest BCUT2D eigenvalue weighted by atomic mass is 31.2. The molecule has 2 aromatic carbocycles. The number of carbonyl (C=O) groups is 1. The molecule has 2 N–H and O–H groups in total. The van der Waals surface area contributed by atoms with Crippen molar-refractivity contribution in [3.63, 3.8) is 0 Å². The molecular weight excluding hydrogens is 263 g/mol. The Labute approximate surface area is 110 Å². The average Bonchev–Trinajstić information content (AvgIpc) is 2.75. The van der Waals surface area contributed by atoms with Gasteiger partial charge in [-0.15, -0.1) is 0 Å². The van der Waals surface area contributed by atoms with Crippen LogP contribution in [0, 0.1) is 0 Å². The summed E-state index contributed by atoms with van der Waals surface area (Å²) < 4.78 is 17.7. The first-order valence-corrected chi connectivity index (χ1v) is 7.33. The van der Waals surface area contributed by atoms with Gasteiger partial charge in [0.25, 0.3) is 5.91 Å². The molecule has 3 rings (SSSR count). The van der Waals surface area contributed by atoms with Crippen LogP contribution in [0.4, 0.5) is 5.69 Å². The summed E-state index contributed by atoms with van der Waals surface area (Å²) in [6, 6.07) is 15.6. The zero-order valence-electron chi connectivity index (χ0n) is 9.87. The van der Waals surface area contributed by atoms with E-state index in [0.717, 1.165) is 0 Å². The Morgan fingerprint density at radius 2 is 1.74 bits per heavy atom. The zero-order chi connectivity index (χ0) is 13.3. The number of para-hydroxylation sites is 2. The molecule has 1 aliphatic heterocycles. The quantitative estimate of drug-likeness (QED) is 0.826. The van der Waals surface area contributed by atoms with Crippen LogP contribution in [-0.4, -0.2) is 5.91 Å². The van der Waals surface area contributed by atoms with Crippen LogP contribution in [0.2, 0.25) is 0 Å². The van der Waals surface area contributed by atoms with Gasteiger partial charge < -0.3 is 4.52 Å². The number of anilines is 1. The molecule has 5 nitrogen and oxygen atoms in total. The van der Waals surface area contributed by atoms with Crippen LogP contribution in [0.1, 0.15) is 10.4 Å². The summed E-state index contributed by atoms with van der Waals surface area (Å²) in [6.07, 6.45) is 0. The van der Waals surface area contributed by atoms with Crippen LogP contribution in [0.25, 0.3) is 0 Å². The van der Waals surface area contributed by atoms with Crippen molar-refractivity contribution >= 4 is 19.3 Å². The van der Waals surface area contributed by atoms with E-state index in [-0.39, 0.29) is 0 Å². The molecular formula is C13H11N2O3P. The summed E-state index contributed by atoms with van der Waals surface area (Å²) >= 11 is 0. The highest BCUT2D eigenvalue weighted by Crippen LogP contribution is 2.53. The van der Waals surface area contributed by atoms with E-state index in [1.54, 1.807) is 54.6 Å². The van der Waals surface area contributed by atoms with Crippen LogP contribution >= 0.6 is 7.67 Å². The van der Waals surface area contributed by atoms with E-state index in [2.05, 4.69) is 10.2 Å². The maximum atomic E-state index is 12.4. The number of rotatable bonds is 2. The van der Waals surface area contributed by atoms with Crippen molar-refractivity contribution in [3.05, 3.63) is 60.2 Å². The highest BCUT2D eigenvalue weighted by molar-refractivity contribution is 7.60. The van der Waals surface area contributed by atoms with Crippen molar-refractivity contribution in [2.45, 2.75) is 0 Å². The first-order chi connectivity index (χ1) is 9.16. The van der Waals surface area contributed by atoms with E-state index < -0.39 is 13.6 Å². The number of hydrogen-bond acceptors (Lipinski definition) is 3. The molecule has 0 fully saturated rings. The predicted molar refractivity (Wildman–Crippen MR) is 72.2 cm³/mol. The third-order valence-electron chi connectivity index (χ3n) is 2.67. The number of amides is 1. The van der Waals surface area contributed by atoms with Crippen molar-refractivity contribution in [2.75, 3.05) is 5.09 Å².